The highest BCUT2D eigenvalue weighted by molar-refractivity contribution is 7.91. The van der Waals surface area contributed by atoms with E-state index < -0.39 is 10.0 Å². The molecular formula is C26H31N3O4S2. The summed E-state index contributed by atoms with van der Waals surface area (Å²) in [5, 5.41) is 6.41. The van der Waals surface area contributed by atoms with Crippen LogP contribution in [0.3, 0.4) is 0 Å². The van der Waals surface area contributed by atoms with Crippen molar-refractivity contribution < 1.29 is 17.9 Å². The maximum atomic E-state index is 13.2. The molecule has 7 nitrogen and oxygen atoms in total. The average Bonchev–Trinajstić information content (AvgIpc) is 3.36. The van der Waals surface area contributed by atoms with E-state index in [4.69, 9.17) is 4.74 Å². The molecule has 0 spiro atoms. The highest BCUT2D eigenvalue weighted by Crippen LogP contribution is 2.27. The second-order valence-corrected chi connectivity index (χ2v) is 12.0. The van der Waals surface area contributed by atoms with Crippen molar-refractivity contribution in [3.63, 3.8) is 0 Å². The molecule has 0 aliphatic carbocycles. The van der Waals surface area contributed by atoms with Gasteiger partial charge >= 0.3 is 0 Å². The summed E-state index contributed by atoms with van der Waals surface area (Å²) < 4.78 is 33.4. The second kappa shape index (κ2) is 11.3. The number of ether oxygens (including phenoxy) is 1. The van der Waals surface area contributed by atoms with Gasteiger partial charge in [-0.15, -0.1) is 11.3 Å². The van der Waals surface area contributed by atoms with E-state index in [-0.39, 0.29) is 12.5 Å². The van der Waals surface area contributed by atoms with Crippen molar-refractivity contribution in [3.05, 3.63) is 82.2 Å². The normalized spacial score (nSPS) is 15.1. The Hall–Kier alpha value is -2.72. The summed E-state index contributed by atoms with van der Waals surface area (Å²) in [6.45, 7) is 4.12. The van der Waals surface area contributed by atoms with Gasteiger partial charge in [-0.05, 0) is 55.7 Å². The molecule has 0 saturated carbocycles. The minimum atomic E-state index is -3.54. The maximum Gasteiger partial charge on any atom is 0.252 e. The van der Waals surface area contributed by atoms with Gasteiger partial charge in [-0.25, -0.2) is 8.42 Å². The number of nitrogens with zero attached hydrogens (tertiary/aromatic N) is 1. The Balaban J connectivity index is 1.28. The van der Waals surface area contributed by atoms with E-state index in [0.717, 1.165) is 24.3 Å². The van der Waals surface area contributed by atoms with Crippen molar-refractivity contribution in [2.75, 3.05) is 20.2 Å². The molecule has 1 aliphatic heterocycles. The number of thiophene rings is 1. The van der Waals surface area contributed by atoms with Crippen LogP contribution in [0.15, 0.2) is 64.9 Å². The van der Waals surface area contributed by atoms with Crippen LogP contribution >= 0.6 is 11.3 Å². The largest absolute Gasteiger partial charge is 0.497 e. The third kappa shape index (κ3) is 6.49. The first-order chi connectivity index (χ1) is 16.8. The first kappa shape index (κ1) is 25.4. The molecule has 0 radical (unpaired) electrons. The molecule has 2 heterocycles. The molecule has 1 saturated heterocycles. The molecular weight excluding hydrogens is 482 g/mol. The predicted octanol–water partition coefficient (Wildman–Crippen LogP) is 3.94. The monoisotopic (exact) mass is 513 g/mol. The second-order valence-electron chi connectivity index (χ2n) is 8.68. The summed E-state index contributed by atoms with van der Waals surface area (Å²) >= 11 is 1.20. The fraction of sp³-hybridized carbons (Fsp3) is 0.346. The Morgan fingerprint density at radius 1 is 1.06 bits per heavy atom. The predicted molar refractivity (Wildman–Crippen MR) is 138 cm³/mol. The molecule has 1 fully saturated rings. The van der Waals surface area contributed by atoms with Gasteiger partial charge < -0.3 is 15.4 Å². The topological polar surface area (TPSA) is 87.7 Å². The van der Waals surface area contributed by atoms with E-state index in [1.165, 1.54) is 22.5 Å². The molecule has 0 bridgehead atoms. The minimum Gasteiger partial charge on any atom is -0.497 e. The average molecular weight is 514 g/mol. The van der Waals surface area contributed by atoms with Gasteiger partial charge in [-0.1, -0.05) is 35.9 Å². The van der Waals surface area contributed by atoms with Crippen LogP contribution in [-0.2, 0) is 23.1 Å². The molecule has 4 rings (SSSR count). The number of rotatable bonds is 9. The lowest BCUT2D eigenvalue weighted by Gasteiger charge is -2.31. The van der Waals surface area contributed by atoms with E-state index in [2.05, 4.69) is 41.8 Å². The number of methoxy groups -OCH3 is 1. The van der Waals surface area contributed by atoms with E-state index in [9.17, 15) is 13.2 Å². The number of aryl methyl sites for hydroxylation is 1. The van der Waals surface area contributed by atoms with Crippen molar-refractivity contribution in [1.82, 2.24) is 14.9 Å². The summed E-state index contributed by atoms with van der Waals surface area (Å²) in [6, 6.07) is 19.0. The van der Waals surface area contributed by atoms with Crippen molar-refractivity contribution in [1.29, 1.82) is 0 Å². The highest BCUT2D eigenvalue weighted by atomic mass is 32.2. The van der Waals surface area contributed by atoms with Gasteiger partial charge in [0.05, 0.1) is 13.7 Å². The Bertz CT molecular complexity index is 1260. The Morgan fingerprint density at radius 2 is 1.83 bits per heavy atom. The molecule has 1 aromatic heterocycles. The van der Waals surface area contributed by atoms with Gasteiger partial charge in [0, 0.05) is 36.1 Å². The molecule has 3 aromatic rings. The lowest BCUT2D eigenvalue weighted by Crippen LogP contribution is -2.44. The number of piperidine rings is 1. The highest BCUT2D eigenvalue weighted by Gasteiger charge is 2.30. The van der Waals surface area contributed by atoms with Crippen LogP contribution in [0.1, 0.15) is 39.2 Å². The number of sulfonamides is 1. The maximum absolute atomic E-state index is 13.2. The van der Waals surface area contributed by atoms with E-state index >= 15 is 0 Å². The summed E-state index contributed by atoms with van der Waals surface area (Å²) in [5.41, 5.74) is 2.97. The third-order valence-corrected chi connectivity index (χ3v) is 9.57. The van der Waals surface area contributed by atoms with Gasteiger partial charge in [-0.2, -0.15) is 4.31 Å². The lowest BCUT2D eigenvalue weighted by atomic mass is 10.1. The molecule has 1 aliphatic rings. The molecule has 0 atom stereocenters. The zero-order chi connectivity index (χ0) is 24.8. The quantitative estimate of drug-likeness (QED) is 0.453. The van der Waals surface area contributed by atoms with Gasteiger partial charge in [0.15, 0.2) is 0 Å². The molecule has 0 unspecified atom stereocenters. The van der Waals surface area contributed by atoms with Gasteiger partial charge in [0.2, 0.25) is 0 Å². The van der Waals surface area contributed by atoms with E-state index in [1.807, 2.05) is 0 Å². The number of nitrogens with one attached hydrogen (secondary N) is 2. The molecule has 2 aromatic carbocycles. The first-order valence-corrected chi connectivity index (χ1v) is 13.9. The van der Waals surface area contributed by atoms with Gasteiger partial charge in [-0.3, -0.25) is 4.79 Å². The molecule has 35 heavy (non-hydrogen) atoms. The first-order valence-electron chi connectivity index (χ1n) is 11.7. The van der Waals surface area contributed by atoms with E-state index in [0.29, 0.717) is 34.7 Å². The van der Waals surface area contributed by atoms with Crippen molar-refractivity contribution in [2.24, 2.45) is 0 Å². The van der Waals surface area contributed by atoms with Crippen molar-refractivity contribution >= 4 is 27.3 Å². The zero-order valence-corrected chi connectivity index (χ0v) is 21.6. The molecule has 2 N–H and O–H groups in total. The number of carbonyl (C=O) groups excluding carboxylic acids is 1. The summed E-state index contributed by atoms with van der Waals surface area (Å²) in [4.78, 5) is 13.2. The smallest absolute Gasteiger partial charge is 0.252 e. The van der Waals surface area contributed by atoms with Gasteiger partial charge in [0.25, 0.3) is 15.9 Å². The Labute approximate surface area is 211 Å². The van der Waals surface area contributed by atoms with Crippen LogP contribution in [-0.4, -0.2) is 44.9 Å². The van der Waals surface area contributed by atoms with Crippen LogP contribution in [0.5, 0.6) is 5.75 Å². The lowest BCUT2D eigenvalue weighted by molar-refractivity contribution is 0.0951. The van der Waals surface area contributed by atoms with Gasteiger partial charge in [0.1, 0.15) is 9.96 Å². The zero-order valence-electron chi connectivity index (χ0n) is 20.0. The summed E-state index contributed by atoms with van der Waals surface area (Å²) in [5.74, 6) is 0.373. The van der Waals surface area contributed by atoms with Crippen LogP contribution < -0.4 is 15.4 Å². The number of hydrogen-bond donors (Lipinski definition) is 2. The number of amides is 1. The van der Waals surface area contributed by atoms with E-state index in [1.54, 1.807) is 47.8 Å². The number of carbonyl (C=O) groups is 1. The molecule has 186 valence electrons. The van der Waals surface area contributed by atoms with Crippen LogP contribution in [0, 0.1) is 6.92 Å². The third-order valence-electron chi connectivity index (χ3n) is 6.12. The minimum absolute atomic E-state index is 0.234. The number of hydrogen-bond acceptors (Lipinski definition) is 6. The Kier molecular flexibility index (Phi) is 8.22. The summed E-state index contributed by atoms with van der Waals surface area (Å²) in [6.07, 6.45) is 1.56. The van der Waals surface area contributed by atoms with Crippen molar-refractivity contribution in [2.45, 2.75) is 43.1 Å². The fourth-order valence-corrected chi connectivity index (χ4v) is 7.06. The van der Waals surface area contributed by atoms with Crippen molar-refractivity contribution in [3.8, 4) is 5.75 Å². The van der Waals surface area contributed by atoms with Crippen LogP contribution in [0.4, 0.5) is 0 Å². The number of benzene rings is 2. The molecule has 9 heteroatoms. The fourth-order valence-electron chi connectivity index (χ4n) is 4.14. The molecule has 1 amide bonds. The van der Waals surface area contributed by atoms with Crippen LogP contribution in [0.25, 0.3) is 0 Å². The standard InChI is InChI=1S/C26H31N3O4S2/c1-19-5-3-6-20(15-19)17-27-22-11-13-29(14-12-22)35(31,32)25-10-9-24(34-25)18-28-26(30)21-7-4-8-23(16-21)33-2/h3-10,15-16,22,27H,11-14,17-18H2,1-2H3,(H,28,30). The van der Waals surface area contributed by atoms with Crippen LogP contribution in [0.2, 0.25) is 0 Å². The summed E-state index contributed by atoms with van der Waals surface area (Å²) in [7, 11) is -1.99. The SMILES string of the molecule is COc1cccc(C(=O)NCc2ccc(S(=O)(=O)N3CCC(NCc4cccc(C)c4)CC3)s2)c1. The Morgan fingerprint density at radius 3 is 2.57 bits per heavy atom.